The summed E-state index contributed by atoms with van der Waals surface area (Å²) >= 11 is 12.3. The van der Waals surface area contributed by atoms with E-state index >= 15 is 0 Å². The fourth-order valence-corrected chi connectivity index (χ4v) is 3.43. The number of halogens is 2. The first-order chi connectivity index (χ1) is 9.49. The van der Waals surface area contributed by atoms with E-state index in [2.05, 4.69) is 0 Å². The molecule has 0 spiro atoms. The van der Waals surface area contributed by atoms with Crippen molar-refractivity contribution in [1.82, 2.24) is 0 Å². The van der Waals surface area contributed by atoms with Gasteiger partial charge in [0.05, 0.1) is 10.8 Å². The Hall–Kier alpha value is -0.150. The molecule has 2 aliphatic carbocycles. The summed E-state index contributed by atoms with van der Waals surface area (Å²) in [7, 11) is 0. The minimum atomic E-state index is -0.612. The molecule has 4 unspecified atom stereocenters. The van der Waals surface area contributed by atoms with Crippen LogP contribution in [0.2, 0.25) is 0 Å². The second kappa shape index (κ2) is 7.22. The van der Waals surface area contributed by atoms with Crippen molar-refractivity contribution in [2.75, 3.05) is 0 Å². The van der Waals surface area contributed by atoms with Gasteiger partial charge in [-0.25, -0.2) is 4.79 Å². The third kappa shape index (κ3) is 3.94. The largest absolute Gasteiger partial charge is 0.508 e. The van der Waals surface area contributed by atoms with E-state index in [1.54, 1.807) is 0 Å². The van der Waals surface area contributed by atoms with Crippen LogP contribution in [0.5, 0.6) is 0 Å². The Morgan fingerprint density at radius 2 is 1.25 bits per heavy atom. The van der Waals surface area contributed by atoms with Crippen LogP contribution in [0.1, 0.15) is 52.4 Å². The highest BCUT2D eigenvalue weighted by molar-refractivity contribution is 6.21. The van der Waals surface area contributed by atoms with E-state index in [-0.39, 0.29) is 23.0 Å². The van der Waals surface area contributed by atoms with Gasteiger partial charge < -0.3 is 9.47 Å². The molecule has 0 aliphatic heterocycles. The summed E-state index contributed by atoms with van der Waals surface area (Å²) < 4.78 is 10.9. The maximum Gasteiger partial charge on any atom is 0.508 e. The van der Waals surface area contributed by atoms with Crippen LogP contribution in [-0.2, 0) is 9.47 Å². The molecule has 2 saturated carbocycles. The third-order valence-electron chi connectivity index (χ3n) is 4.60. The number of rotatable bonds is 6. The van der Waals surface area contributed by atoms with Crippen molar-refractivity contribution in [2.45, 2.75) is 75.3 Å². The molecule has 0 aromatic heterocycles. The first-order valence-electron chi connectivity index (χ1n) is 7.64. The smallest absolute Gasteiger partial charge is 0.429 e. The number of ether oxygens (including phenoxy) is 2. The van der Waals surface area contributed by atoms with E-state index in [1.807, 2.05) is 13.8 Å². The highest BCUT2D eigenvalue weighted by Crippen LogP contribution is 2.36. The van der Waals surface area contributed by atoms with Crippen LogP contribution in [0, 0.1) is 11.8 Å². The van der Waals surface area contributed by atoms with Crippen LogP contribution in [0.4, 0.5) is 4.79 Å². The zero-order valence-corrected chi connectivity index (χ0v) is 13.7. The Bertz CT molecular complexity index is 295. The molecule has 116 valence electrons. The highest BCUT2D eigenvalue weighted by Gasteiger charge is 2.37. The Morgan fingerprint density at radius 3 is 1.45 bits per heavy atom. The lowest BCUT2D eigenvalue weighted by molar-refractivity contribution is -0.0502. The average Bonchev–Trinajstić information content (AvgIpc) is 2.21. The molecule has 0 radical (unpaired) electrons. The summed E-state index contributed by atoms with van der Waals surface area (Å²) in [6.45, 7) is 3.73. The molecule has 0 saturated heterocycles. The maximum absolute atomic E-state index is 12.0. The van der Waals surface area contributed by atoms with E-state index in [9.17, 15) is 4.79 Å². The van der Waals surface area contributed by atoms with E-state index < -0.39 is 6.16 Å². The molecule has 2 fully saturated rings. The Kier molecular flexibility index (Phi) is 5.85. The molecule has 5 heteroatoms. The fourth-order valence-electron chi connectivity index (χ4n) is 2.92. The summed E-state index contributed by atoms with van der Waals surface area (Å²) in [5, 5.41) is -0.383. The number of carbonyl (C=O) groups excluding carboxylic acids is 1. The number of hydrogen-bond donors (Lipinski definition) is 0. The summed E-state index contributed by atoms with van der Waals surface area (Å²) in [5.74, 6) is 0.760. The van der Waals surface area contributed by atoms with Crippen molar-refractivity contribution in [2.24, 2.45) is 11.8 Å². The van der Waals surface area contributed by atoms with Gasteiger partial charge in [0, 0.05) is 0 Å². The summed E-state index contributed by atoms with van der Waals surface area (Å²) in [5.41, 5.74) is 0. The van der Waals surface area contributed by atoms with E-state index in [1.165, 1.54) is 12.8 Å². The molecular formula is C15H24Cl2O3. The molecule has 20 heavy (non-hydrogen) atoms. The predicted octanol–water partition coefficient (Wildman–Crippen LogP) is 4.73. The first kappa shape index (κ1) is 16.2. The van der Waals surface area contributed by atoms with Gasteiger partial charge in [-0.2, -0.15) is 0 Å². The van der Waals surface area contributed by atoms with Crippen LogP contribution < -0.4 is 0 Å². The van der Waals surface area contributed by atoms with Gasteiger partial charge in [0.15, 0.2) is 0 Å². The molecule has 0 N–H and O–H groups in total. The predicted molar refractivity (Wildman–Crippen MR) is 80.5 cm³/mol. The third-order valence-corrected chi connectivity index (χ3v) is 5.10. The van der Waals surface area contributed by atoms with Gasteiger partial charge >= 0.3 is 6.16 Å². The molecular weight excluding hydrogens is 299 g/mol. The molecule has 2 rings (SSSR count). The van der Waals surface area contributed by atoms with E-state index in [4.69, 9.17) is 32.7 Å². The zero-order valence-electron chi connectivity index (χ0n) is 12.2. The lowest BCUT2D eigenvalue weighted by Gasteiger charge is -2.37. The molecule has 3 nitrogen and oxygen atoms in total. The van der Waals surface area contributed by atoms with Crippen LogP contribution in [0.3, 0.4) is 0 Å². The van der Waals surface area contributed by atoms with Crippen LogP contribution >= 0.6 is 23.2 Å². The molecule has 0 heterocycles. The topological polar surface area (TPSA) is 35.5 Å². The normalized spacial score (nSPS) is 25.8. The van der Waals surface area contributed by atoms with E-state index in [0.29, 0.717) is 11.8 Å². The van der Waals surface area contributed by atoms with Crippen LogP contribution in [0.15, 0.2) is 0 Å². The summed E-state index contributed by atoms with van der Waals surface area (Å²) in [6, 6.07) is 0. The van der Waals surface area contributed by atoms with Crippen molar-refractivity contribution in [3.63, 3.8) is 0 Å². The van der Waals surface area contributed by atoms with Crippen molar-refractivity contribution >= 4 is 29.4 Å². The zero-order chi connectivity index (χ0) is 14.7. The Labute approximate surface area is 131 Å². The lowest BCUT2D eigenvalue weighted by Crippen LogP contribution is -2.41. The lowest BCUT2D eigenvalue weighted by atomic mass is 9.80. The first-order valence-corrected chi connectivity index (χ1v) is 8.51. The van der Waals surface area contributed by atoms with Gasteiger partial charge in [-0.1, -0.05) is 12.8 Å². The van der Waals surface area contributed by atoms with Crippen LogP contribution in [0.25, 0.3) is 0 Å². The van der Waals surface area contributed by atoms with Gasteiger partial charge in [-0.15, -0.1) is 23.2 Å². The maximum atomic E-state index is 12.0. The van der Waals surface area contributed by atoms with Crippen molar-refractivity contribution in [1.29, 1.82) is 0 Å². The summed E-state index contributed by atoms with van der Waals surface area (Å²) in [4.78, 5) is 12.0. The molecule has 0 bridgehead atoms. The molecule has 0 aromatic carbocycles. The van der Waals surface area contributed by atoms with Crippen molar-refractivity contribution < 1.29 is 14.3 Å². The van der Waals surface area contributed by atoms with Gasteiger partial charge in [-0.3, -0.25) is 0 Å². The van der Waals surface area contributed by atoms with Gasteiger partial charge in [0.1, 0.15) is 12.2 Å². The number of alkyl halides is 2. The minimum Gasteiger partial charge on any atom is -0.429 e. The number of hydrogen-bond acceptors (Lipinski definition) is 3. The second-order valence-corrected chi connectivity index (χ2v) is 7.53. The minimum absolute atomic E-state index is 0.191. The quantitative estimate of drug-likeness (QED) is 0.523. The molecule has 0 aromatic rings. The van der Waals surface area contributed by atoms with E-state index in [0.717, 1.165) is 25.7 Å². The summed E-state index contributed by atoms with van der Waals surface area (Å²) in [6.07, 6.45) is 5.58. The fraction of sp³-hybridized carbons (Fsp3) is 0.933. The average molecular weight is 323 g/mol. The molecule has 0 amide bonds. The number of carbonyl (C=O) groups is 1. The second-order valence-electron chi connectivity index (χ2n) is 6.15. The van der Waals surface area contributed by atoms with Gasteiger partial charge in [0.2, 0.25) is 0 Å². The molecule has 2 aliphatic rings. The standard InChI is InChI=1S/C15H24Cl2O3/c1-9(16)13(11-5-3-6-11)19-15(18)20-14(10(2)17)12-7-4-8-12/h9-14H,3-8H2,1-2H3. The van der Waals surface area contributed by atoms with Gasteiger partial charge in [0.25, 0.3) is 0 Å². The van der Waals surface area contributed by atoms with Crippen LogP contribution in [-0.4, -0.2) is 29.1 Å². The Balaban J connectivity index is 1.85. The highest BCUT2D eigenvalue weighted by atomic mass is 35.5. The van der Waals surface area contributed by atoms with Crippen molar-refractivity contribution in [3.05, 3.63) is 0 Å². The molecule has 4 atom stereocenters. The van der Waals surface area contributed by atoms with Gasteiger partial charge in [-0.05, 0) is 51.4 Å². The monoisotopic (exact) mass is 322 g/mol. The van der Waals surface area contributed by atoms with Crippen molar-refractivity contribution in [3.8, 4) is 0 Å². The SMILES string of the molecule is CC(Cl)C(OC(=O)OC(C(C)Cl)C1CCC1)C1CCC1. The Morgan fingerprint density at radius 1 is 0.900 bits per heavy atom.